The summed E-state index contributed by atoms with van der Waals surface area (Å²) in [6.45, 7) is 2.10. The third-order valence-corrected chi connectivity index (χ3v) is 4.91. The molecule has 0 atom stereocenters. The number of thiophene rings is 1. The van der Waals surface area contributed by atoms with Crippen LogP contribution in [0.4, 0.5) is 0 Å². The molecule has 3 aromatic heterocycles. The summed E-state index contributed by atoms with van der Waals surface area (Å²) in [4.78, 5) is 4.84. The number of nitrogens with zero attached hydrogens (tertiary/aromatic N) is 2. The number of benzene rings is 1. The molecule has 0 unspecified atom stereocenters. The van der Waals surface area contributed by atoms with E-state index in [0.29, 0.717) is 0 Å². The number of rotatable bonds is 3. The van der Waals surface area contributed by atoms with E-state index in [2.05, 4.69) is 52.4 Å². The van der Waals surface area contributed by atoms with Gasteiger partial charge in [0, 0.05) is 18.2 Å². The van der Waals surface area contributed by atoms with E-state index in [1.165, 1.54) is 16.8 Å². The molecule has 0 aliphatic rings. The predicted molar refractivity (Wildman–Crippen MR) is 97.5 cm³/mol. The Morgan fingerprint density at radius 1 is 1.09 bits per heavy atom. The molecule has 2 nitrogen and oxygen atoms in total. The normalized spacial score (nSPS) is 11.2. The third kappa shape index (κ3) is 2.78. The molecule has 0 fully saturated rings. The number of pyridine rings is 1. The Morgan fingerprint density at radius 3 is 2.65 bits per heavy atom. The Labute approximate surface area is 144 Å². The van der Waals surface area contributed by atoms with Crippen LogP contribution in [0.1, 0.15) is 16.8 Å². The molecule has 4 heteroatoms. The molecule has 0 saturated carbocycles. The maximum atomic E-state index is 6.20. The van der Waals surface area contributed by atoms with E-state index >= 15 is 0 Å². The zero-order valence-corrected chi connectivity index (χ0v) is 14.2. The topological polar surface area (TPSA) is 17.3 Å². The van der Waals surface area contributed by atoms with Crippen molar-refractivity contribution in [2.75, 3.05) is 0 Å². The summed E-state index contributed by atoms with van der Waals surface area (Å²) in [5.74, 6) is 0. The molecule has 0 spiro atoms. The maximum Gasteiger partial charge on any atom is 0.137 e. The van der Waals surface area contributed by atoms with Gasteiger partial charge in [0.05, 0.1) is 16.4 Å². The second kappa shape index (κ2) is 5.84. The van der Waals surface area contributed by atoms with E-state index in [1.807, 2.05) is 18.3 Å². The molecule has 3 heterocycles. The summed E-state index contributed by atoms with van der Waals surface area (Å²) in [5, 5.41) is 5.01. The number of hydrogen-bond donors (Lipinski definition) is 0. The van der Waals surface area contributed by atoms with Gasteiger partial charge in [0.1, 0.15) is 5.65 Å². The molecule has 0 aliphatic heterocycles. The van der Waals surface area contributed by atoms with Crippen molar-refractivity contribution in [3.05, 3.63) is 81.3 Å². The van der Waals surface area contributed by atoms with E-state index in [-0.39, 0.29) is 0 Å². The molecule has 0 aliphatic carbocycles. The number of hydrogen-bond acceptors (Lipinski definition) is 2. The van der Waals surface area contributed by atoms with Gasteiger partial charge in [0.2, 0.25) is 0 Å². The highest BCUT2D eigenvalue weighted by molar-refractivity contribution is 7.07. The van der Waals surface area contributed by atoms with Crippen molar-refractivity contribution in [1.82, 2.24) is 9.38 Å². The van der Waals surface area contributed by atoms with Gasteiger partial charge in [-0.3, -0.25) is 0 Å². The quantitative estimate of drug-likeness (QED) is 0.474. The van der Waals surface area contributed by atoms with Crippen LogP contribution in [0.25, 0.3) is 16.9 Å². The fourth-order valence-corrected chi connectivity index (χ4v) is 3.59. The summed E-state index contributed by atoms with van der Waals surface area (Å²) in [6.07, 6.45) is 2.79. The lowest BCUT2D eigenvalue weighted by atomic mass is 10.0. The van der Waals surface area contributed by atoms with Crippen LogP contribution in [-0.2, 0) is 6.42 Å². The molecular formula is C19H15ClN2S. The van der Waals surface area contributed by atoms with Crippen molar-refractivity contribution < 1.29 is 0 Å². The molecule has 4 rings (SSSR count). The summed E-state index contributed by atoms with van der Waals surface area (Å²) >= 11 is 7.92. The van der Waals surface area contributed by atoms with Crippen LogP contribution in [0.3, 0.4) is 0 Å². The summed E-state index contributed by atoms with van der Waals surface area (Å²) in [7, 11) is 0. The van der Waals surface area contributed by atoms with Gasteiger partial charge >= 0.3 is 0 Å². The Balaban J connectivity index is 1.93. The van der Waals surface area contributed by atoms with Gasteiger partial charge < -0.3 is 4.40 Å². The first-order chi connectivity index (χ1) is 11.2. The van der Waals surface area contributed by atoms with E-state index in [0.717, 1.165) is 28.3 Å². The van der Waals surface area contributed by atoms with Crippen LogP contribution < -0.4 is 0 Å². The van der Waals surface area contributed by atoms with Crippen LogP contribution >= 0.6 is 22.9 Å². The van der Waals surface area contributed by atoms with Gasteiger partial charge in [-0.2, -0.15) is 11.3 Å². The van der Waals surface area contributed by atoms with Crippen molar-refractivity contribution >= 4 is 28.6 Å². The summed E-state index contributed by atoms with van der Waals surface area (Å²) in [5.41, 5.74) is 6.81. The van der Waals surface area contributed by atoms with Crippen molar-refractivity contribution in [2.24, 2.45) is 0 Å². The number of aromatic nitrogens is 2. The Bertz CT molecular complexity index is 953. The number of aryl methyl sites for hydroxylation is 1. The smallest absolute Gasteiger partial charge is 0.137 e. The largest absolute Gasteiger partial charge is 0.302 e. The zero-order valence-electron chi connectivity index (χ0n) is 12.7. The van der Waals surface area contributed by atoms with Crippen molar-refractivity contribution in [1.29, 1.82) is 0 Å². The lowest BCUT2D eigenvalue weighted by Crippen LogP contribution is -1.95. The first-order valence-electron chi connectivity index (χ1n) is 7.45. The fourth-order valence-electron chi connectivity index (χ4n) is 2.77. The highest BCUT2D eigenvalue weighted by Gasteiger charge is 2.15. The monoisotopic (exact) mass is 338 g/mol. The first-order valence-corrected chi connectivity index (χ1v) is 8.77. The molecule has 0 bridgehead atoms. The van der Waals surface area contributed by atoms with Crippen LogP contribution in [-0.4, -0.2) is 9.38 Å². The minimum absolute atomic E-state index is 0.719. The Kier molecular flexibility index (Phi) is 3.68. The van der Waals surface area contributed by atoms with Gasteiger partial charge in [-0.1, -0.05) is 41.4 Å². The second-order valence-electron chi connectivity index (χ2n) is 5.66. The molecule has 0 amide bonds. The van der Waals surface area contributed by atoms with Crippen molar-refractivity contribution in [3.8, 4) is 11.3 Å². The van der Waals surface area contributed by atoms with Crippen LogP contribution in [0, 0.1) is 6.92 Å². The average Bonchev–Trinajstić information content (AvgIpc) is 3.17. The number of fused-ring (bicyclic) bond motifs is 1. The van der Waals surface area contributed by atoms with Crippen molar-refractivity contribution in [3.63, 3.8) is 0 Å². The molecular weight excluding hydrogens is 324 g/mol. The second-order valence-corrected chi connectivity index (χ2v) is 6.87. The third-order valence-electron chi connectivity index (χ3n) is 3.96. The average molecular weight is 339 g/mol. The highest BCUT2D eigenvalue weighted by atomic mass is 35.5. The SMILES string of the molecule is Cc1ccc(-c2nc3ccc(Cl)cn3c2Cc2ccsc2)cc1. The van der Waals surface area contributed by atoms with Crippen LogP contribution in [0.2, 0.25) is 5.02 Å². The first kappa shape index (κ1) is 14.5. The van der Waals surface area contributed by atoms with Crippen LogP contribution in [0.15, 0.2) is 59.4 Å². The molecule has 0 N–H and O–H groups in total. The lowest BCUT2D eigenvalue weighted by Gasteiger charge is -2.05. The molecule has 4 aromatic rings. The standard InChI is InChI=1S/C19H15ClN2S/c1-13-2-4-15(5-3-13)19-17(10-14-8-9-23-12-14)22-11-16(20)6-7-18(22)21-19/h2-9,11-12H,10H2,1H3. The van der Waals surface area contributed by atoms with Gasteiger partial charge in [-0.25, -0.2) is 4.98 Å². The highest BCUT2D eigenvalue weighted by Crippen LogP contribution is 2.28. The minimum atomic E-state index is 0.719. The van der Waals surface area contributed by atoms with E-state index in [4.69, 9.17) is 16.6 Å². The number of imidazole rings is 1. The zero-order chi connectivity index (χ0) is 15.8. The van der Waals surface area contributed by atoms with Crippen LogP contribution in [0.5, 0.6) is 0 Å². The van der Waals surface area contributed by atoms with Gasteiger partial charge in [-0.05, 0) is 41.4 Å². The summed E-state index contributed by atoms with van der Waals surface area (Å²) in [6, 6.07) is 14.5. The lowest BCUT2D eigenvalue weighted by molar-refractivity contribution is 1.03. The Morgan fingerprint density at radius 2 is 1.91 bits per heavy atom. The van der Waals surface area contributed by atoms with Gasteiger partial charge in [-0.15, -0.1) is 0 Å². The van der Waals surface area contributed by atoms with E-state index in [1.54, 1.807) is 11.3 Å². The number of halogens is 1. The molecule has 0 radical (unpaired) electrons. The molecule has 0 saturated heterocycles. The maximum absolute atomic E-state index is 6.20. The predicted octanol–water partition coefficient (Wildman–Crippen LogP) is 5.62. The minimum Gasteiger partial charge on any atom is -0.302 e. The van der Waals surface area contributed by atoms with Gasteiger partial charge in [0.25, 0.3) is 0 Å². The van der Waals surface area contributed by atoms with E-state index in [9.17, 15) is 0 Å². The Hall–Kier alpha value is -2.10. The van der Waals surface area contributed by atoms with Crippen molar-refractivity contribution in [2.45, 2.75) is 13.3 Å². The van der Waals surface area contributed by atoms with E-state index < -0.39 is 0 Å². The molecule has 114 valence electrons. The molecule has 23 heavy (non-hydrogen) atoms. The fraction of sp³-hybridized carbons (Fsp3) is 0.105. The summed E-state index contributed by atoms with van der Waals surface area (Å²) < 4.78 is 2.11. The van der Waals surface area contributed by atoms with Gasteiger partial charge in [0.15, 0.2) is 0 Å². The molecule has 1 aromatic carbocycles.